The second-order valence-corrected chi connectivity index (χ2v) is 10.5. The highest BCUT2D eigenvalue weighted by atomic mass is 32.2. The number of aliphatic imine (C=N–C) groups is 1. The molecular weight excluding hydrogens is 470 g/mol. The number of amidine groups is 1. The van der Waals surface area contributed by atoms with Crippen LogP contribution in [0, 0.1) is 0 Å². The highest BCUT2D eigenvalue weighted by Crippen LogP contribution is 2.30. The first kappa shape index (κ1) is 24.4. The monoisotopic (exact) mass is 499 g/mol. The SMILES string of the molecule is CCN(CC)C1=NC(=O)C(CC(=O)Nc2cccc(C(=O)Nc3nc4c(s3)CCCCC4)c2)S1. The number of hydrogen-bond acceptors (Lipinski definition) is 7. The van der Waals surface area contributed by atoms with Gasteiger partial charge in [-0.1, -0.05) is 24.2 Å². The molecule has 4 rings (SSSR count). The van der Waals surface area contributed by atoms with E-state index in [4.69, 9.17) is 0 Å². The Bertz CT molecular complexity index is 1090. The molecule has 0 radical (unpaired) electrons. The summed E-state index contributed by atoms with van der Waals surface area (Å²) < 4.78 is 0. The number of nitrogens with one attached hydrogen (secondary N) is 2. The summed E-state index contributed by atoms with van der Waals surface area (Å²) in [6.45, 7) is 5.52. The van der Waals surface area contributed by atoms with Gasteiger partial charge in [-0.25, -0.2) is 4.98 Å². The Morgan fingerprint density at radius 3 is 2.71 bits per heavy atom. The van der Waals surface area contributed by atoms with Crippen molar-refractivity contribution in [2.24, 2.45) is 4.99 Å². The smallest absolute Gasteiger partial charge is 0.262 e. The van der Waals surface area contributed by atoms with E-state index < -0.39 is 5.25 Å². The molecule has 1 aromatic heterocycles. The number of carbonyl (C=O) groups excluding carboxylic acids is 3. The fourth-order valence-electron chi connectivity index (χ4n) is 4.01. The van der Waals surface area contributed by atoms with E-state index in [1.807, 2.05) is 18.7 Å². The van der Waals surface area contributed by atoms with E-state index in [0.29, 0.717) is 21.6 Å². The third-order valence-corrected chi connectivity index (χ3v) is 8.14. The molecule has 3 amide bonds. The Morgan fingerprint density at radius 1 is 1.12 bits per heavy atom. The number of nitrogens with zero attached hydrogens (tertiary/aromatic N) is 3. The molecule has 1 aliphatic heterocycles. The van der Waals surface area contributed by atoms with Crippen molar-refractivity contribution in [3.63, 3.8) is 0 Å². The van der Waals surface area contributed by atoms with Gasteiger partial charge in [0, 0.05) is 35.6 Å². The van der Waals surface area contributed by atoms with E-state index in [0.717, 1.165) is 44.5 Å². The number of aryl methyl sites for hydroxylation is 2. The van der Waals surface area contributed by atoms with Crippen LogP contribution in [0.25, 0.3) is 0 Å². The average Bonchev–Trinajstić information content (AvgIpc) is 3.29. The molecule has 2 heterocycles. The number of hydrogen-bond donors (Lipinski definition) is 2. The van der Waals surface area contributed by atoms with E-state index in [1.165, 1.54) is 23.1 Å². The van der Waals surface area contributed by atoms with Crippen molar-refractivity contribution in [2.45, 2.75) is 57.6 Å². The Labute approximate surface area is 207 Å². The molecule has 8 nitrogen and oxygen atoms in total. The van der Waals surface area contributed by atoms with Gasteiger partial charge in [0.25, 0.3) is 11.8 Å². The molecule has 2 aliphatic rings. The predicted octanol–water partition coefficient (Wildman–Crippen LogP) is 4.33. The van der Waals surface area contributed by atoms with Crippen LogP contribution in [-0.4, -0.2) is 51.1 Å². The number of thiazole rings is 1. The lowest BCUT2D eigenvalue weighted by atomic mass is 10.2. The molecule has 1 aliphatic carbocycles. The minimum Gasteiger partial charge on any atom is -0.352 e. The molecule has 1 unspecified atom stereocenters. The normalized spacial score (nSPS) is 17.5. The molecule has 0 spiro atoms. The van der Waals surface area contributed by atoms with Gasteiger partial charge in [0.15, 0.2) is 10.3 Å². The van der Waals surface area contributed by atoms with Crippen molar-refractivity contribution in [3.05, 3.63) is 40.4 Å². The zero-order valence-corrected chi connectivity index (χ0v) is 21.1. The average molecular weight is 500 g/mol. The minimum atomic E-state index is -0.526. The first-order valence-corrected chi connectivity index (χ1v) is 13.4. The first-order chi connectivity index (χ1) is 16.5. The number of amides is 3. The quantitative estimate of drug-likeness (QED) is 0.550. The maximum Gasteiger partial charge on any atom is 0.262 e. The fraction of sp³-hybridized carbons (Fsp3) is 0.458. The summed E-state index contributed by atoms with van der Waals surface area (Å²) in [5.41, 5.74) is 2.04. The van der Waals surface area contributed by atoms with Gasteiger partial charge >= 0.3 is 0 Å². The molecule has 0 fully saturated rings. The van der Waals surface area contributed by atoms with Gasteiger partial charge in [-0.2, -0.15) is 4.99 Å². The van der Waals surface area contributed by atoms with Crippen molar-refractivity contribution in [2.75, 3.05) is 23.7 Å². The zero-order valence-electron chi connectivity index (χ0n) is 19.4. The van der Waals surface area contributed by atoms with Crippen LogP contribution in [0.3, 0.4) is 0 Å². The molecule has 0 bridgehead atoms. The maximum absolute atomic E-state index is 12.8. The number of thioether (sulfide) groups is 1. The van der Waals surface area contributed by atoms with Gasteiger partial charge in [-0.15, -0.1) is 11.3 Å². The molecule has 10 heteroatoms. The topological polar surface area (TPSA) is 104 Å². The number of fused-ring (bicyclic) bond motifs is 1. The van der Waals surface area contributed by atoms with Crippen molar-refractivity contribution >= 4 is 56.8 Å². The second-order valence-electron chi connectivity index (χ2n) is 8.25. The summed E-state index contributed by atoms with van der Waals surface area (Å²) in [6.07, 6.45) is 5.54. The number of rotatable bonds is 7. The maximum atomic E-state index is 12.8. The Balaban J connectivity index is 1.34. The van der Waals surface area contributed by atoms with Crippen molar-refractivity contribution in [1.29, 1.82) is 0 Å². The van der Waals surface area contributed by atoms with E-state index in [1.54, 1.807) is 35.6 Å². The van der Waals surface area contributed by atoms with Crippen LogP contribution >= 0.6 is 23.1 Å². The van der Waals surface area contributed by atoms with Crippen LogP contribution in [0.1, 0.15) is 60.5 Å². The molecular formula is C24H29N5O3S2. The summed E-state index contributed by atoms with van der Waals surface area (Å²) >= 11 is 2.88. The van der Waals surface area contributed by atoms with Crippen LogP contribution in [-0.2, 0) is 22.4 Å². The van der Waals surface area contributed by atoms with E-state index in [-0.39, 0.29) is 24.1 Å². The van der Waals surface area contributed by atoms with E-state index >= 15 is 0 Å². The zero-order chi connectivity index (χ0) is 24.1. The molecule has 180 valence electrons. The van der Waals surface area contributed by atoms with Crippen LogP contribution < -0.4 is 10.6 Å². The fourth-order valence-corrected chi connectivity index (χ4v) is 6.25. The van der Waals surface area contributed by atoms with Gasteiger partial charge in [0.05, 0.1) is 5.69 Å². The summed E-state index contributed by atoms with van der Waals surface area (Å²) in [7, 11) is 0. The number of benzene rings is 1. The van der Waals surface area contributed by atoms with Crippen LogP contribution in [0.15, 0.2) is 29.3 Å². The molecule has 2 aromatic rings. The second kappa shape index (κ2) is 11.1. The lowest BCUT2D eigenvalue weighted by Gasteiger charge is -2.19. The van der Waals surface area contributed by atoms with Crippen molar-refractivity contribution < 1.29 is 14.4 Å². The third-order valence-electron chi connectivity index (χ3n) is 5.86. The molecule has 1 aromatic carbocycles. The van der Waals surface area contributed by atoms with E-state index in [9.17, 15) is 14.4 Å². The summed E-state index contributed by atoms with van der Waals surface area (Å²) in [6, 6.07) is 6.78. The highest BCUT2D eigenvalue weighted by molar-refractivity contribution is 8.15. The van der Waals surface area contributed by atoms with Crippen LogP contribution in [0.5, 0.6) is 0 Å². The van der Waals surface area contributed by atoms with Crippen LogP contribution in [0.2, 0.25) is 0 Å². The number of aromatic nitrogens is 1. The summed E-state index contributed by atoms with van der Waals surface area (Å²) in [5.74, 6) is -0.834. The Hall–Kier alpha value is -2.72. The Kier molecular flexibility index (Phi) is 7.99. The molecule has 0 saturated heterocycles. The lowest BCUT2D eigenvalue weighted by molar-refractivity contribution is -0.121. The van der Waals surface area contributed by atoms with Gasteiger partial charge < -0.3 is 10.2 Å². The lowest BCUT2D eigenvalue weighted by Crippen LogP contribution is -2.27. The van der Waals surface area contributed by atoms with Crippen LogP contribution in [0.4, 0.5) is 10.8 Å². The van der Waals surface area contributed by atoms with Gasteiger partial charge in [0.2, 0.25) is 5.91 Å². The first-order valence-electron chi connectivity index (χ1n) is 11.7. The number of anilines is 2. The summed E-state index contributed by atoms with van der Waals surface area (Å²) in [4.78, 5) is 49.6. The third kappa shape index (κ3) is 5.85. The Morgan fingerprint density at radius 2 is 1.91 bits per heavy atom. The molecule has 2 N–H and O–H groups in total. The highest BCUT2D eigenvalue weighted by Gasteiger charge is 2.32. The van der Waals surface area contributed by atoms with Gasteiger partial charge in [0.1, 0.15) is 5.25 Å². The standard InChI is InChI=1S/C24H29N5O3S2/c1-3-29(4-2)24-28-22(32)19(34-24)14-20(30)25-16-10-8-9-15(13-16)21(31)27-23-26-17-11-6-5-7-12-18(17)33-23/h8-10,13,19H,3-7,11-12,14H2,1-2H3,(H,25,30)(H,26,27,31). The molecule has 34 heavy (non-hydrogen) atoms. The molecule has 0 saturated carbocycles. The predicted molar refractivity (Wildman–Crippen MR) is 138 cm³/mol. The van der Waals surface area contributed by atoms with Crippen molar-refractivity contribution in [3.8, 4) is 0 Å². The van der Waals surface area contributed by atoms with Crippen molar-refractivity contribution in [1.82, 2.24) is 9.88 Å². The largest absolute Gasteiger partial charge is 0.352 e. The minimum absolute atomic E-state index is 0.0266. The van der Waals surface area contributed by atoms with E-state index in [2.05, 4.69) is 20.6 Å². The van der Waals surface area contributed by atoms with Gasteiger partial charge in [-0.05, 0) is 57.7 Å². The molecule has 1 atom stereocenters. The van der Waals surface area contributed by atoms with Gasteiger partial charge in [-0.3, -0.25) is 19.7 Å². The summed E-state index contributed by atoms with van der Waals surface area (Å²) in [5, 5.41) is 6.46. The number of carbonyl (C=O) groups is 3.